The second kappa shape index (κ2) is 6.75. The van der Waals surface area contributed by atoms with Crippen molar-refractivity contribution in [1.82, 2.24) is 5.32 Å². The van der Waals surface area contributed by atoms with Crippen molar-refractivity contribution < 1.29 is 14.6 Å². The van der Waals surface area contributed by atoms with E-state index < -0.39 is 6.10 Å². The average Bonchev–Trinajstić information content (AvgIpc) is 2.48. The zero-order chi connectivity index (χ0) is 14.5. The molecule has 1 amide bonds. The van der Waals surface area contributed by atoms with Gasteiger partial charge in [0, 0.05) is 6.04 Å². The maximum Gasteiger partial charge on any atom is 0.253 e. The summed E-state index contributed by atoms with van der Waals surface area (Å²) in [7, 11) is 1.56. The highest BCUT2D eigenvalue weighted by Gasteiger charge is 2.26. The number of benzene rings is 1. The van der Waals surface area contributed by atoms with E-state index in [4.69, 9.17) is 4.74 Å². The van der Waals surface area contributed by atoms with Crippen LogP contribution in [0.1, 0.15) is 44.3 Å². The molecule has 0 spiro atoms. The molecule has 0 bridgehead atoms. The maximum atomic E-state index is 12.2. The molecule has 3 unspecified atom stereocenters. The minimum atomic E-state index is -1.14. The van der Waals surface area contributed by atoms with E-state index >= 15 is 0 Å². The van der Waals surface area contributed by atoms with Crippen LogP contribution in [0.2, 0.25) is 0 Å². The predicted octanol–water partition coefficient (Wildman–Crippen LogP) is 2.42. The lowest BCUT2D eigenvalue weighted by atomic mass is 9.86. The largest absolute Gasteiger partial charge is 0.497 e. The number of carbonyl (C=O) groups excluding carboxylic acids is 1. The molecule has 20 heavy (non-hydrogen) atoms. The number of rotatable bonds is 4. The van der Waals surface area contributed by atoms with E-state index in [2.05, 4.69) is 12.2 Å². The van der Waals surface area contributed by atoms with Crippen LogP contribution in [0.5, 0.6) is 5.75 Å². The van der Waals surface area contributed by atoms with Gasteiger partial charge < -0.3 is 15.2 Å². The monoisotopic (exact) mass is 277 g/mol. The number of ether oxygens (including phenoxy) is 1. The highest BCUT2D eigenvalue weighted by molar-refractivity contribution is 5.82. The molecule has 0 radical (unpaired) electrons. The summed E-state index contributed by atoms with van der Waals surface area (Å²) in [6.45, 7) is 2.15. The molecule has 2 rings (SSSR count). The standard InChI is InChI=1S/C16H23NO3/c1-11-6-3-4-9-14(11)17-16(19)15(18)12-7-5-8-13(10-12)20-2/h5,7-8,10-11,14-15,18H,3-4,6,9H2,1-2H3,(H,17,19). The van der Waals surface area contributed by atoms with Crippen molar-refractivity contribution in [3.63, 3.8) is 0 Å². The van der Waals surface area contributed by atoms with Gasteiger partial charge in [-0.2, -0.15) is 0 Å². The molecule has 1 saturated carbocycles. The van der Waals surface area contributed by atoms with Gasteiger partial charge in [-0.25, -0.2) is 0 Å². The van der Waals surface area contributed by atoms with Crippen molar-refractivity contribution in [1.29, 1.82) is 0 Å². The van der Waals surface area contributed by atoms with Gasteiger partial charge in [0.1, 0.15) is 5.75 Å². The number of nitrogens with one attached hydrogen (secondary N) is 1. The van der Waals surface area contributed by atoms with E-state index in [0.29, 0.717) is 17.2 Å². The van der Waals surface area contributed by atoms with E-state index in [9.17, 15) is 9.90 Å². The van der Waals surface area contributed by atoms with Crippen molar-refractivity contribution in [3.8, 4) is 5.75 Å². The number of hydrogen-bond acceptors (Lipinski definition) is 3. The average molecular weight is 277 g/mol. The van der Waals surface area contributed by atoms with E-state index in [1.807, 2.05) is 0 Å². The Balaban J connectivity index is 2.00. The van der Waals surface area contributed by atoms with Crippen molar-refractivity contribution in [3.05, 3.63) is 29.8 Å². The Hall–Kier alpha value is -1.55. The predicted molar refractivity (Wildman–Crippen MR) is 77.5 cm³/mol. The minimum absolute atomic E-state index is 0.177. The van der Waals surface area contributed by atoms with Gasteiger partial charge in [-0.3, -0.25) is 4.79 Å². The molecule has 4 heteroatoms. The van der Waals surface area contributed by atoms with E-state index in [-0.39, 0.29) is 11.9 Å². The summed E-state index contributed by atoms with van der Waals surface area (Å²) in [6, 6.07) is 7.16. The first-order valence-corrected chi connectivity index (χ1v) is 7.24. The lowest BCUT2D eigenvalue weighted by Crippen LogP contribution is -2.43. The molecule has 0 aliphatic heterocycles. The number of aliphatic hydroxyl groups is 1. The SMILES string of the molecule is COc1cccc(C(O)C(=O)NC2CCCCC2C)c1. The van der Waals surface area contributed by atoms with Crippen LogP contribution in [0.25, 0.3) is 0 Å². The third-order valence-corrected chi connectivity index (χ3v) is 4.10. The lowest BCUT2D eigenvalue weighted by Gasteiger charge is -2.30. The molecule has 1 fully saturated rings. The van der Waals surface area contributed by atoms with Crippen LogP contribution in [0.3, 0.4) is 0 Å². The van der Waals surface area contributed by atoms with Gasteiger partial charge in [0.15, 0.2) is 6.10 Å². The van der Waals surface area contributed by atoms with Crippen LogP contribution < -0.4 is 10.1 Å². The van der Waals surface area contributed by atoms with Gasteiger partial charge in [0.05, 0.1) is 7.11 Å². The Morgan fingerprint density at radius 2 is 2.15 bits per heavy atom. The van der Waals surface area contributed by atoms with Crippen LogP contribution in [-0.2, 0) is 4.79 Å². The molecule has 1 aromatic carbocycles. The zero-order valence-electron chi connectivity index (χ0n) is 12.1. The fraction of sp³-hybridized carbons (Fsp3) is 0.562. The maximum absolute atomic E-state index is 12.2. The molecule has 110 valence electrons. The fourth-order valence-electron chi connectivity index (χ4n) is 2.76. The van der Waals surface area contributed by atoms with Gasteiger partial charge in [-0.05, 0) is 36.5 Å². The number of carbonyl (C=O) groups is 1. The number of methoxy groups -OCH3 is 1. The molecule has 1 aliphatic carbocycles. The zero-order valence-corrected chi connectivity index (χ0v) is 12.1. The molecule has 0 heterocycles. The third-order valence-electron chi connectivity index (χ3n) is 4.10. The molecular formula is C16H23NO3. The fourth-order valence-corrected chi connectivity index (χ4v) is 2.76. The van der Waals surface area contributed by atoms with Crippen LogP contribution in [-0.4, -0.2) is 24.2 Å². The molecule has 0 aromatic heterocycles. The Kier molecular flexibility index (Phi) is 5.01. The molecule has 1 aromatic rings. The first kappa shape index (κ1) is 14.9. The summed E-state index contributed by atoms with van der Waals surface area (Å²) in [4.78, 5) is 12.2. The summed E-state index contributed by atoms with van der Waals surface area (Å²) in [5, 5.41) is 13.1. The van der Waals surface area contributed by atoms with E-state index in [0.717, 1.165) is 19.3 Å². The van der Waals surface area contributed by atoms with Crippen molar-refractivity contribution in [2.24, 2.45) is 5.92 Å². The smallest absolute Gasteiger partial charge is 0.253 e. The number of aliphatic hydroxyl groups excluding tert-OH is 1. The van der Waals surface area contributed by atoms with Gasteiger partial charge >= 0.3 is 0 Å². The second-order valence-corrected chi connectivity index (χ2v) is 5.56. The molecule has 0 saturated heterocycles. The highest BCUT2D eigenvalue weighted by Crippen LogP contribution is 2.25. The topological polar surface area (TPSA) is 58.6 Å². The first-order valence-electron chi connectivity index (χ1n) is 7.24. The Bertz CT molecular complexity index is 461. The Morgan fingerprint density at radius 1 is 1.40 bits per heavy atom. The Labute approximate surface area is 120 Å². The van der Waals surface area contributed by atoms with Gasteiger partial charge in [0.25, 0.3) is 5.91 Å². The molecule has 4 nitrogen and oxygen atoms in total. The first-order chi connectivity index (χ1) is 9.61. The van der Waals surface area contributed by atoms with Crippen LogP contribution >= 0.6 is 0 Å². The van der Waals surface area contributed by atoms with Gasteiger partial charge in [0.2, 0.25) is 0 Å². The van der Waals surface area contributed by atoms with Crippen molar-refractivity contribution in [2.75, 3.05) is 7.11 Å². The van der Waals surface area contributed by atoms with Crippen LogP contribution in [0, 0.1) is 5.92 Å². The second-order valence-electron chi connectivity index (χ2n) is 5.56. The van der Waals surface area contributed by atoms with Gasteiger partial charge in [-0.1, -0.05) is 31.9 Å². The van der Waals surface area contributed by atoms with Gasteiger partial charge in [-0.15, -0.1) is 0 Å². The van der Waals surface area contributed by atoms with Crippen molar-refractivity contribution >= 4 is 5.91 Å². The number of amides is 1. The number of hydrogen-bond donors (Lipinski definition) is 2. The molecule has 3 atom stereocenters. The summed E-state index contributed by atoms with van der Waals surface area (Å²) >= 11 is 0. The molecule has 2 N–H and O–H groups in total. The summed E-state index contributed by atoms with van der Waals surface area (Å²) in [5.41, 5.74) is 0.560. The van der Waals surface area contributed by atoms with Crippen LogP contribution in [0.4, 0.5) is 0 Å². The van der Waals surface area contributed by atoms with Crippen molar-refractivity contribution in [2.45, 2.75) is 44.8 Å². The highest BCUT2D eigenvalue weighted by atomic mass is 16.5. The lowest BCUT2D eigenvalue weighted by molar-refractivity contribution is -0.131. The summed E-state index contributed by atoms with van der Waals surface area (Å²) in [5.74, 6) is 0.794. The molecular weight excluding hydrogens is 254 g/mol. The van der Waals surface area contributed by atoms with Crippen LogP contribution in [0.15, 0.2) is 24.3 Å². The quantitative estimate of drug-likeness (QED) is 0.888. The Morgan fingerprint density at radius 3 is 2.85 bits per heavy atom. The minimum Gasteiger partial charge on any atom is -0.497 e. The third kappa shape index (κ3) is 3.51. The molecule has 1 aliphatic rings. The normalized spacial score (nSPS) is 23.9. The summed E-state index contributed by atoms with van der Waals surface area (Å²) in [6.07, 6.45) is 3.37. The van der Waals surface area contributed by atoms with E-state index in [1.165, 1.54) is 6.42 Å². The summed E-state index contributed by atoms with van der Waals surface area (Å²) < 4.78 is 5.11. The van der Waals surface area contributed by atoms with E-state index in [1.54, 1.807) is 31.4 Å².